The molecule has 5 rings (SSSR count). The van der Waals surface area contributed by atoms with E-state index in [0.29, 0.717) is 0 Å². The van der Waals surface area contributed by atoms with Gasteiger partial charge >= 0.3 is 0 Å². The van der Waals surface area contributed by atoms with Gasteiger partial charge in [0, 0.05) is 16.5 Å². The second kappa shape index (κ2) is 6.37. The number of pyridine rings is 1. The summed E-state index contributed by atoms with van der Waals surface area (Å²) in [5.74, 6) is 0. The summed E-state index contributed by atoms with van der Waals surface area (Å²) in [6.07, 6.45) is 0. The molecule has 0 saturated carbocycles. The van der Waals surface area contributed by atoms with Crippen molar-refractivity contribution < 1.29 is 0 Å². The average Bonchev–Trinajstić information content (AvgIpc) is 2.73. The Labute approximate surface area is 158 Å². The lowest BCUT2D eigenvalue weighted by Crippen LogP contribution is -1.91. The zero-order valence-electron chi connectivity index (χ0n) is 15.2. The zero-order valence-corrected chi connectivity index (χ0v) is 15.2. The molecule has 0 N–H and O–H groups in total. The molecule has 0 aliphatic rings. The maximum Gasteiger partial charge on any atom is 0.0788 e. The first kappa shape index (κ1) is 15.8. The third-order valence-electron chi connectivity index (χ3n) is 5.11. The number of aromatic nitrogens is 1. The highest BCUT2D eigenvalue weighted by Crippen LogP contribution is 2.32. The SMILES string of the molecule is Cc1ccc(-c2cc3ccccc3c(-c3ccc4ccccc4c3)n2)cc1. The maximum atomic E-state index is 5.08. The van der Waals surface area contributed by atoms with Gasteiger partial charge in [-0.15, -0.1) is 0 Å². The Balaban J connectivity index is 1.77. The number of hydrogen-bond acceptors (Lipinski definition) is 1. The predicted octanol–water partition coefficient (Wildman–Crippen LogP) is 7.03. The summed E-state index contributed by atoms with van der Waals surface area (Å²) in [6.45, 7) is 2.11. The Morgan fingerprint density at radius 1 is 0.556 bits per heavy atom. The van der Waals surface area contributed by atoms with Crippen LogP contribution >= 0.6 is 0 Å². The molecule has 0 spiro atoms. The van der Waals surface area contributed by atoms with Gasteiger partial charge in [-0.25, -0.2) is 4.98 Å². The molecule has 0 aliphatic carbocycles. The van der Waals surface area contributed by atoms with Crippen molar-refractivity contribution in [2.45, 2.75) is 6.92 Å². The summed E-state index contributed by atoms with van der Waals surface area (Å²) in [5.41, 5.74) is 5.60. The van der Waals surface area contributed by atoms with Gasteiger partial charge in [0.25, 0.3) is 0 Å². The second-order valence-corrected chi connectivity index (χ2v) is 7.01. The van der Waals surface area contributed by atoms with Gasteiger partial charge in [-0.05, 0) is 35.2 Å². The minimum absolute atomic E-state index is 1.01. The number of nitrogens with zero attached hydrogens (tertiary/aromatic N) is 1. The van der Waals surface area contributed by atoms with E-state index in [2.05, 4.69) is 104 Å². The van der Waals surface area contributed by atoms with E-state index < -0.39 is 0 Å². The summed E-state index contributed by atoms with van der Waals surface area (Å²) < 4.78 is 0. The van der Waals surface area contributed by atoms with Crippen molar-refractivity contribution >= 4 is 21.5 Å². The maximum absolute atomic E-state index is 5.08. The molecule has 0 fully saturated rings. The minimum Gasteiger partial charge on any atom is -0.247 e. The average molecular weight is 345 g/mol. The second-order valence-electron chi connectivity index (χ2n) is 7.01. The molecular weight excluding hydrogens is 326 g/mol. The molecule has 27 heavy (non-hydrogen) atoms. The van der Waals surface area contributed by atoms with Crippen molar-refractivity contribution in [1.82, 2.24) is 4.98 Å². The van der Waals surface area contributed by atoms with Crippen molar-refractivity contribution in [3.8, 4) is 22.5 Å². The molecule has 0 amide bonds. The van der Waals surface area contributed by atoms with Crippen LogP contribution < -0.4 is 0 Å². The molecule has 0 saturated heterocycles. The molecule has 0 radical (unpaired) electrons. The fourth-order valence-electron chi connectivity index (χ4n) is 3.63. The summed E-state index contributed by atoms with van der Waals surface area (Å²) in [6, 6.07) is 34.3. The molecule has 1 heteroatoms. The van der Waals surface area contributed by atoms with Crippen LogP contribution in [-0.4, -0.2) is 4.98 Å². The van der Waals surface area contributed by atoms with E-state index >= 15 is 0 Å². The minimum atomic E-state index is 1.01. The van der Waals surface area contributed by atoms with Crippen molar-refractivity contribution in [2.24, 2.45) is 0 Å². The predicted molar refractivity (Wildman–Crippen MR) is 115 cm³/mol. The zero-order chi connectivity index (χ0) is 18.2. The van der Waals surface area contributed by atoms with Crippen LogP contribution in [0.15, 0.2) is 97.1 Å². The Morgan fingerprint density at radius 3 is 2.04 bits per heavy atom. The molecule has 1 aromatic heterocycles. The van der Waals surface area contributed by atoms with Crippen LogP contribution in [0, 0.1) is 6.92 Å². The number of hydrogen-bond donors (Lipinski definition) is 0. The molecule has 1 heterocycles. The molecule has 0 aliphatic heterocycles. The summed E-state index contributed by atoms with van der Waals surface area (Å²) in [4.78, 5) is 5.08. The van der Waals surface area contributed by atoms with Gasteiger partial charge in [0.05, 0.1) is 11.4 Å². The van der Waals surface area contributed by atoms with E-state index in [-0.39, 0.29) is 0 Å². The number of aryl methyl sites for hydroxylation is 1. The van der Waals surface area contributed by atoms with Gasteiger partial charge in [-0.1, -0.05) is 90.5 Å². The van der Waals surface area contributed by atoms with Gasteiger partial charge in [0.1, 0.15) is 0 Å². The first-order chi connectivity index (χ1) is 13.3. The lowest BCUT2D eigenvalue weighted by Gasteiger charge is -2.11. The Kier molecular flexibility index (Phi) is 3.72. The smallest absolute Gasteiger partial charge is 0.0788 e. The number of benzene rings is 4. The highest BCUT2D eigenvalue weighted by Gasteiger charge is 2.10. The molecule has 128 valence electrons. The topological polar surface area (TPSA) is 12.9 Å². The van der Waals surface area contributed by atoms with Crippen LogP contribution in [0.3, 0.4) is 0 Å². The van der Waals surface area contributed by atoms with Crippen molar-refractivity contribution in [1.29, 1.82) is 0 Å². The van der Waals surface area contributed by atoms with Crippen LogP contribution in [0.5, 0.6) is 0 Å². The lowest BCUT2D eigenvalue weighted by atomic mass is 9.99. The first-order valence-electron chi connectivity index (χ1n) is 9.24. The summed E-state index contributed by atoms with van der Waals surface area (Å²) in [5, 5.41) is 4.89. The van der Waals surface area contributed by atoms with E-state index in [1.54, 1.807) is 0 Å². The van der Waals surface area contributed by atoms with Crippen LogP contribution in [-0.2, 0) is 0 Å². The molecule has 1 nitrogen and oxygen atoms in total. The summed E-state index contributed by atoms with van der Waals surface area (Å²) >= 11 is 0. The fourth-order valence-corrected chi connectivity index (χ4v) is 3.63. The molecule has 4 aromatic carbocycles. The van der Waals surface area contributed by atoms with Crippen LogP contribution in [0.1, 0.15) is 5.56 Å². The van der Waals surface area contributed by atoms with Gasteiger partial charge in [-0.2, -0.15) is 0 Å². The third-order valence-corrected chi connectivity index (χ3v) is 5.11. The Hall–Kier alpha value is -3.45. The van der Waals surface area contributed by atoms with E-state index in [1.165, 1.54) is 27.1 Å². The molecular formula is C26H19N. The van der Waals surface area contributed by atoms with Crippen LogP contribution in [0.25, 0.3) is 44.1 Å². The van der Waals surface area contributed by atoms with Crippen LogP contribution in [0.2, 0.25) is 0 Å². The van der Waals surface area contributed by atoms with Gasteiger partial charge < -0.3 is 0 Å². The Bertz CT molecular complexity index is 1270. The monoisotopic (exact) mass is 345 g/mol. The summed E-state index contributed by atoms with van der Waals surface area (Å²) in [7, 11) is 0. The first-order valence-corrected chi connectivity index (χ1v) is 9.24. The van der Waals surface area contributed by atoms with Gasteiger partial charge in [0.15, 0.2) is 0 Å². The van der Waals surface area contributed by atoms with Gasteiger partial charge in [-0.3, -0.25) is 0 Å². The van der Waals surface area contributed by atoms with E-state index in [4.69, 9.17) is 4.98 Å². The highest BCUT2D eigenvalue weighted by atomic mass is 14.7. The van der Waals surface area contributed by atoms with Crippen molar-refractivity contribution in [3.05, 3.63) is 103 Å². The quantitative estimate of drug-likeness (QED) is 0.335. The number of fused-ring (bicyclic) bond motifs is 2. The number of rotatable bonds is 2. The van der Waals surface area contributed by atoms with Crippen molar-refractivity contribution in [3.63, 3.8) is 0 Å². The normalized spacial score (nSPS) is 11.1. The molecule has 0 bridgehead atoms. The van der Waals surface area contributed by atoms with Gasteiger partial charge in [0.2, 0.25) is 0 Å². The van der Waals surface area contributed by atoms with E-state index in [1.807, 2.05) is 0 Å². The largest absolute Gasteiger partial charge is 0.247 e. The standard InChI is InChI=1S/C26H19N/c1-18-10-12-20(13-11-18)25-17-22-8-4-5-9-24(22)26(27-25)23-15-14-19-6-2-3-7-21(19)16-23/h2-17H,1H3. The highest BCUT2D eigenvalue weighted by molar-refractivity contribution is 5.99. The van der Waals surface area contributed by atoms with E-state index in [0.717, 1.165) is 22.5 Å². The molecule has 5 aromatic rings. The van der Waals surface area contributed by atoms with Crippen LogP contribution in [0.4, 0.5) is 0 Å². The van der Waals surface area contributed by atoms with E-state index in [9.17, 15) is 0 Å². The lowest BCUT2D eigenvalue weighted by molar-refractivity contribution is 1.35. The third kappa shape index (κ3) is 2.88. The Morgan fingerprint density at radius 2 is 1.22 bits per heavy atom. The molecule has 0 atom stereocenters. The molecule has 0 unspecified atom stereocenters. The van der Waals surface area contributed by atoms with Crippen molar-refractivity contribution in [2.75, 3.05) is 0 Å². The fraction of sp³-hybridized carbons (Fsp3) is 0.0385.